The maximum Gasteiger partial charge on any atom is 0.150 e. The molecule has 2 aromatic carbocycles. The first kappa shape index (κ1) is 10.8. The number of carbonyl (C=O) groups excluding carboxylic acids is 1. The summed E-state index contributed by atoms with van der Waals surface area (Å²) in [6.45, 7) is 2.02. The monoisotopic (exact) mass is 236 g/mol. The quantitative estimate of drug-likeness (QED) is 0.623. The highest BCUT2D eigenvalue weighted by Crippen LogP contribution is 2.30. The van der Waals surface area contributed by atoms with E-state index < -0.39 is 0 Å². The van der Waals surface area contributed by atoms with Crippen LogP contribution in [-0.2, 0) is 0 Å². The van der Waals surface area contributed by atoms with Crippen LogP contribution in [0.5, 0.6) is 0 Å². The van der Waals surface area contributed by atoms with Crippen molar-refractivity contribution in [1.82, 2.24) is 0 Å². The van der Waals surface area contributed by atoms with Gasteiger partial charge in [0, 0.05) is 16.5 Å². The van der Waals surface area contributed by atoms with Gasteiger partial charge in [-0.1, -0.05) is 42.5 Å². The molecule has 0 unspecified atom stereocenters. The van der Waals surface area contributed by atoms with E-state index in [1.165, 1.54) is 0 Å². The third kappa shape index (κ3) is 1.63. The normalized spacial score (nSPS) is 10.7. The van der Waals surface area contributed by atoms with Gasteiger partial charge in [0.05, 0.1) is 0 Å². The van der Waals surface area contributed by atoms with E-state index in [4.69, 9.17) is 4.42 Å². The van der Waals surface area contributed by atoms with Crippen molar-refractivity contribution in [3.8, 4) is 11.3 Å². The van der Waals surface area contributed by atoms with Crippen LogP contribution in [0, 0.1) is 6.92 Å². The van der Waals surface area contributed by atoms with Crippen LogP contribution in [0.25, 0.3) is 22.3 Å². The van der Waals surface area contributed by atoms with Crippen molar-refractivity contribution in [2.45, 2.75) is 6.92 Å². The molecule has 0 amide bonds. The molecular weight excluding hydrogens is 224 g/mol. The van der Waals surface area contributed by atoms with E-state index in [0.717, 1.165) is 34.1 Å². The Kier molecular flexibility index (Phi) is 2.49. The summed E-state index contributed by atoms with van der Waals surface area (Å²) in [7, 11) is 0. The second-order valence-corrected chi connectivity index (χ2v) is 4.31. The van der Waals surface area contributed by atoms with Gasteiger partial charge < -0.3 is 4.42 Å². The van der Waals surface area contributed by atoms with Gasteiger partial charge in [0.2, 0.25) is 0 Å². The van der Waals surface area contributed by atoms with Crippen LogP contribution in [0.4, 0.5) is 0 Å². The molecule has 2 heteroatoms. The average Bonchev–Trinajstić information content (AvgIpc) is 2.84. The Bertz CT molecular complexity index is 723. The van der Waals surface area contributed by atoms with Gasteiger partial charge in [0.25, 0.3) is 0 Å². The molecule has 2 nitrogen and oxygen atoms in total. The van der Waals surface area contributed by atoms with E-state index in [1.54, 1.807) is 6.07 Å². The summed E-state index contributed by atoms with van der Waals surface area (Å²) in [5.74, 6) is 0.738. The molecule has 0 radical (unpaired) electrons. The van der Waals surface area contributed by atoms with Gasteiger partial charge in [0.15, 0.2) is 6.29 Å². The van der Waals surface area contributed by atoms with Crippen LogP contribution in [0.3, 0.4) is 0 Å². The molecule has 0 bridgehead atoms. The van der Waals surface area contributed by atoms with Gasteiger partial charge in [-0.15, -0.1) is 0 Å². The molecule has 0 saturated carbocycles. The third-order valence-electron chi connectivity index (χ3n) is 3.09. The first-order valence-electron chi connectivity index (χ1n) is 5.83. The van der Waals surface area contributed by atoms with E-state index in [9.17, 15) is 4.79 Å². The van der Waals surface area contributed by atoms with Crippen molar-refractivity contribution < 1.29 is 9.21 Å². The Hall–Kier alpha value is -2.35. The minimum Gasteiger partial charge on any atom is -0.456 e. The number of benzene rings is 2. The molecule has 3 aromatic rings. The lowest BCUT2D eigenvalue weighted by molar-refractivity contribution is 0.112. The van der Waals surface area contributed by atoms with Crippen molar-refractivity contribution in [3.05, 3.63) is 59.7 Å². The summed E-state index contributed by atoms with van der Waals surface area (Å²) in [5, 5.41) is 1.06. The van der Waals surface area contributed by atoms with Crippen molar-refractivity contribution in [1.29, 1.82) is 0 Å². The largest absolute Gasteiger partial charge is 0.456 e. The predicted octanol–water partition coefficient (Wildman–Crippen LogP) is 4.22. The van der Waals surface area contributed by atoms with Crippen molar-refractivity contribution in [3.63, 3.8) is 0 Å². The van der Waals surface area contributed by atoms with Gasteiger partial charge in [-0.2, -0.15) is 0 Å². The lowest BCUT2D eigenvalue weighted by atomic mass is 10.1. The molecule has 0 aliphatic rings. The van der Waals surface area contributed by atoms with E-state index >= 15 is 0 Å². The van der Waals surface area contributed by atoms with Crippen LogP contribution in [0.1, 0.15) is 15.9 Å². The number of aryl methyl sites for hydroxylation is 1. The lowest BCUT2D eigenvalue weighted by Gasteiger charge is -1.99. The smallest absolute Gasteiger partial charge is 0.150 e. The minimum absolute atomic E-state index is 0.647. The van der Waals surface area contributed by atoms with Crippen LogP contribution in [0.15, 0.2) is 52.9 Å². The summed E-state index contributed by atoms with van der Waals surface area (Å²) >= 11 is 0. The van der Waals surface area contributed by atoms with Crippen LogP contribution >= 0.6 is 0 Å². The summed E-state index contributed by atoms with van der Waals surface area (Å²) in [5.41, 5.74) is 3.47. The zero-order valence-electron chi connectivity index (χ0n) is 10.0. The number of furan rings is 1. The minimum atomic E-state index is 0.647. The molecule has 3 rings (SSSR count). The van der Waals surface area contributed by atoms with Gasteiger partial charge in [-0.05, 0) is 18.6 Å². The molecule has 0 spiro atoms. The molecule has 0 atom stereocenters. The molecule has 0 saturated heterocycles. The van der Waals surface area contributed by atoms with E-state index in [-0.39, 0.29) is 0 Å². The second-order valence-electron chi connectivity index (χ2n) is 4.31. The maximum atomic E-state index is 11.0. The zero-order chi connectivity index (χ0) is 12.5. The first-order chi connectivity index (χ1) is 8.79. The standard InChI is InChI=1S/C16H12O2/c1-11-5-4-7-12-9-15(18-16(11)12)14-8-3-2-6-13(14)10-17/h2-10H,1H3. The topological polar surface area (TPSA) is 30.2 Å². The molecule has 0 N–H and O–H groups in total. The Morgan fingerprint density at radius 1 is 1.06 bits per heavy atom. The summed E-state index contributed by atoms with van der Waals surface area (Å²) in [4.78, 5) is 11.0. The average molecular weight is 236 g/mol. The molecule has 1 aromatic heterocycles. The molecule has 0 fully saturated rings. The van der Waals surface area contributed by atoms with E-state index in [1.807, 2.05) is 49.4 Å². The molecule has 88 valence electrons. The van der Waals surface area contributed by atoms with E-state index in [0.29, 0.717) is 5.56 Å². The van der Waals surface area contributed by atoms with E-state index in [2.05, 4.69) is 0 Å². The number of carbonyl (C=O) groups is 1. The summed E-state index contributed by atoms with van der Waals surface area (Å²) < 4.78 is 5.87. The highest BCUT2D eigenvalue weighted by atomic mass is 16.3. The highest BCUT2D eigenvalue weighted by molar-refractivity contribution is 5.90. The fourth-order valence-corrected chi connectivity index (χ4v) is 2.17. The Balaban J connectivity index is 2.26. The van der Waals surface area contributed by atoms with Crippen molar-refractivity contribution in [2.24, 2.45) is 0 Å². The number of aldehydes is 1. The summed E-state index contributed by atoms with van der Waals surface area (Å²) in [6.07, 6.45) is 0.857. The number of fused-ring (bicyclic) bond motifs is 1. The van der Waals surface area contributed by atoms with Gasteiger partial charge in [-0.25, -0.2) is 0 Å². The number of rotatable bonds is 2. The number of hydrogen-bond donors (Lipinski definition) is 0. The number of hydrogen-bond acceptors (Lipinski definition) is 2. The predicted molar refractivity (Wildman–Crippen MR) is 71.8 cm³/mol. The van der Waals surface area contributed by atoms with Crippen LogP contribution in [0.2, 0.25) is 0 Å². The van der Waals surface area contributed by atoms with Crippen molar-refractivity contribution in [2.75, 3.05) is 0 Å². The third-order valence-corrected chi connectivity index (χ3v) is 3.09. The maximum absolute atomic E-state index is 11.0. The van der Waals surface area contributed by atoms with Crippen LogP contribution < -0.4 is 0 Å². The zero-order valence-corrected chi connectivity index (χ0v) is 10.0. The van der Waals surface area contributed by atoms with Gasteiger partial charge in [-0.3, -0.25) is 4.79 Å². The molecule has 0 aliphatic carbocycles. The van der Waals surface area contributed by atoms with Gasteiger partial charge in [0.1, 0.15) is 11.3 Å². The number of para-hydroxylation sites is 1. The molecule has 1 heterocycles. The molecule has 18 heavy (non-hydrogen) atoms. The first-order valence-corrected chi connectivity index (χ1v) is 5.83. The van der Waals surface area contributed by atoms with Crippen molar-refractivity contribution >= 4 is 17.3 Å². The Labute approximate surface area is 105 Å². The summed E-state index contributed by atoms with van der Waals surface area (Å²) in [6, 6.07) is 15.5. The lowest BCUT2D eigenvalue weighted by Crippen LogP contribution is -1.84. The molecular formula is C16H12O2. The van der Waals surface area contributed by atoms with Crippen LogP contribution in [-0.4, -0.2) is 6.29 Å². The fraction of sp³-hybridized carbons (Fsp3) is 0.0625. The van der Waals surface area contributed by atoms with Gasteiger partial charge >= 0.3 is 0 Å². The molecule has 0 aliphatic heterocycles. The SMILES string of the molecule is Cc1cccc2cc(-c3ccccc3C=O)oc12. The Morgan fingerprint density at radius 2 is 1.89 bits per heavy atom. The second kappa shape index (κ2) is 4.15. The Morgan fingerprint density at radius 3 is 2.67 bits per heavy atom. The highest BCUT2D eigenvalue weighted by Gasteiger charge is 2.10. The fourth-order valence-electron chi connectivity index (χ4n) is 2.17.